The molecule has 1 saturated heterocycles. The van der Waals surface area contributed by atoms with Crippen molar-refractivity contribution in [3.63, 3.8) is 0 Å². The second kappa shape index (κ2) is 7.50. The van der Waals surface area contributed by atoms with Crippen LogP contribution in [0, 0.1) is 0 Å². The average molecular weight is 392 g/mol. The molecule has 1 fully saturated rings. The minimum atomic E-state index is -0.635. The van der Waals surface area contributed by atoms with Crippen LogP contribution in [-0.2, 0) is 25.5 Å². The van der Waals surface area contributed by atoms with E-state index in [-0.39, 0.29) is 48.8 Å². The van der Waals surface area contributed by atoms with E-state index < -0.39 is 5.97 Å². The molecule has 29 heavy (non-hydrogen) atoms. The lowest BCUT2D eigenvalue weighted by atomic mass is 10.1. The van der Waals surface area contributed by atoms with Crippen molar-refractivity contribution in [3.05, 3.63) is 59.7 Å². The highest BCUT2D eigenvalue weighted by Crippen LogP contribution is 2.31. The summed E-state index contributed by atoms with van der Waals surface area (Å²) in [6.45, 7) is 1.60. The van der Waals surface area contributed by atoms with Crippen molar-refractivity contribution in [2.24, 2.45) is 0 Å². The number of amides is 3. The van der Waals surface area contributed by atoms with Crippen LogP contribution in [0.25, 0.3) is 0 Å². The monoisotopic (exact) mass is 392 g/mol. The molecule has 0 saturated carbocycles. The zero-order valence-corrected chi connectivity index (χ0v) is 16.0. The third-order valence-corrected chi connectivity index (χ3v) is 5.22. The molecule has 0 aromatic heterocycles. The minimum absolute atomic E-state index is 0.00780. The van der Waals surface area contributed by atoms with E-state index in [1.54, 1.807) is 4.90 Å². The highest BCUT2D eigenvalue weighted by atomic mass is 16.5. The van der Waals surface area contributed by atoms with Crippen LogP contribution in [0.15, 0.2) is 48.5 Å². The number of carbonyl (C=O) groups excluding carboxylic acids is 4. The number of rotatable bonds is 4. The maximum atomic E-state index is 12.6. The molecule has 4 rings (SSSR count). The smallest absolute Gasteiger partial charge is 0.338 e. The van der Waals surface area contributed by atoms with E-state index in [1.165, 1.54) is 24.3 Å². The topological polar surface area (TPSA) is 84.0 Å². The first-order valence-electron chi connectivity index (χ1n) is 9.48. The van der Waals surface area contributed by atoms with Crippen LogP contribution in [0.4, 0.5) is 11.4 Å². The van der Waals surface area contributed by atoms with Gasteiger partial charge >= 0.3 is 5.97 Å². The number of esters is 1. The Labute approximate surface area is 167 Å². The molecule has 7 heteroatoms. The third kappa shape index (κ3) is 3.51. The summed E-state index contributed by atoms with van der Waals surface area (Å²) < 4.78 is 5.20. The van der Waals surface area contributed by atoms with Gasteiger partial charge in [-0.25, -0.2) is 4.79 Å². The fraction of sp³-hybridized carbons (Fsp3) is 0.273. The fourth-order valence-corrected chi connectivity index (χ4v) is 3.84. The molecular weight excluding hydrogens is 372 g/mol. The number of fused-ring (bicyclic) bond motifs is 1. The maximum absolute atomic E-state index is 12.6. The summed E-state index contributed by atoms with van der Waals surface area (Å²) >= 11 is 0. The van der Waals surface area contributed by atoms with Crippen molar-refractivity contribution in [2.45, 2.75) is 32.2 Å². The van der Waals surface area contributed by atoms with E-state index in [2.05, 4.69) is 0 Å². The molecule has 2 aromatic carbocycles. The van der Waals surface area contributed by atoms with Gasteiger partial charge in [-0.3, -0.25) is 19.3 Å². The minimum Gasteiger partial charge on any atom is -0.452 e. The quantitative estimate of drug-likeness (QED) is 0.590. The Hall–Kier alpha value is -3.48. The van der Waals surface area contributed by atoms with Gasteiger partial charge in [0, 0.05) is 24.6 Å². The average Bonchev–Trinajstić information content (AvgIpc) is 3.23. The summed E-state index contributed by atoms with van der Waals surface area (Å²) in [5, 5.41) is 0. The maximum Gasteiger partial charge on any atom is 0.338 e. The van der Waals surface area contributed by atoms with Gasteiger partial charge in [-0.15, -0.1) is 0 Å². The number of anilines is 2. The van der Waals surface area contributed by atoms with Crippen molar-refractivity contribution < 1.29 is 23.9 Å². The van der Waals surface area contributed by atoms with Crippen LogP contribution in [-0.4, -0.2) is 36.3 Å². The van der Waals surface area contributed by atoms with Crippen molar-refractivity contribution >= 4 is 35.1 Å². The SMILES string of the molecule is C[C@H]1Cc2ccccc2N1C(=O)COC(=O)c1ccc(N2C(=O)CCC2=O)cc1. The highest BCUT2D eigenvalue weighted by Gasteiger charge is 2.32. The Balaban J connectivity index is 1.39. The van der Waals surface area contributed by atoms with Crippen molar-refractivity contribution in [3.8, 4) is 0 Å². The largest absolute Gasteiger partial charge is 0.452 e. The van der Waals surface area contributed by atoms with Gasteiger partial charge in [0.1, 0.15) is 0 Å². The van der Waals surface area contributed by atoms with E-state index in [0.717, 1.165) is 22.6 Å². The number of hydrogen-bond acceptors (Lipinski definition) is 5. The van der Waals surface area contributed by atoms with E-state index in [9.17, 15) is 19.2 Å². The molecule has 7 nitrogen and oxygen atoms in total. The van der Waals surface area contributed by atoms with Crippen molar-refractivity contribution in [1.29, 1.82) is 0 Å². The van der Waals surface area contributed by atoms with Gasteiger partial charge in [0.15, 0.2) is 6.61 Å². The summed E-state index contributed by atoms with van der Waals surface area (Å²) in [7, 11) is 0. The van der Waals surface area contributed by atoms with E-state index >= 15 is 0 Å². The molecule has 2 heterocycles. The summed E-state index contributed by atoms with van der Waals surface area (Å²) in [6, 6.07) is 13.7. The van der Waals surface area contributed by atoms with Gasteiger partial charge in [-0.1, -0.05) is 18.2 Å². The predicted octanol–water partition coefficient (Wildman–Crippen LogP) is 2.47. The lowest BCUT2D eigenvalue weighted by molar-refractivity contribution is -0.122. The van der Waals surface area contributed by atoms with E-state index in [0.29, 0.717) is 5.69 Å². The molecule has 1 atom stereocenters. The summed E-state index contributed by atoms with van der Waals surface area (Å²) in [5.74, 6) is -1.42. The molecular formula is C22H20N2O5. The number of ether oxygens (including phenoxy) is 1. The zero-order valence-electron chi connectivity index (χ0n) is 16.0. The highest BCUT2D eigenvalue weighted by molar-refractivity contribution is 6.19. The van der Waals surface area contributed by atoms with Crippen LogP contribution in [0.2, 0.25) is 0 Å². The number of benzene rings is 2. The molecule has 0 spiro atoms. The normalized spacial score (nSPS) is 18.2. The van der Waals surface area contributed by atoms with Crippen LogP contribution >= 0.6 is 0 Å². The Morgan fingerprint density at radius 2 is 1.66 bits per heavy atom. The van der Waals surface area contributed by atoms with Gasteiger partial charge in [-0.2, -0.15) is 0 Å². The molecule has 0 aliphatic carbocycles. The molecule has 2 aliphatic heterocycles. The Kier molecular flexibility index (Phi) is 4.88. The predicted molar refractivity (Wildman–Crippen MR) is 106 cm³/mol. The summed E-state index contributed by atoms with van der Waals surface area (Å²) in [5.41, 5.74) is 2.62. The Morgan fingerprint density at radius 3 is 2.34 bits per heavy atom. The second-order valence-corrected chi connectivity index (χ2v) is 7.19. The van der Waals surface area contributed by atoms with E-state index in [1.807, 2.05) is 31.2 Å². The van der Waals surface area contributed by atoms with Gasteiger partial charge < -0.3 is 9.64 Å². The molecule has 148 valence electrons. The molecule has 0 unspecified atom stereocenters. The number of carbonyl (C=O) groups is 4. The van der Waals surface area contributed by atoms with Gasteiger partial charge in [0.2, 0.25) is 11.8 Å². The lowest BCUT2D eigenvalue weighted by Crippen LogP contribution is -2.38. The number of nitrogens with zero attached hydrogens (tertiary/aromatic N) is 2. The number of imide groups is 1. The summed E-state index contributed by atoms with van der Waals surface area (Å²) in [6.07, 6.45) is 1.16. The van der Waals surface area contributed by atoms with Crippen molar-refractivity contribution in [2.75, 3.05) is 16.4 Å². The second-order valence-electron chi connectivity index (χ2n) is 7.19. The van der Waals surface area contributed by atoms with Gasteiger partial charge in [0.25, 0.3) is 5.91 Å². The lowest BCUT2D eigenvalue weighted by Gasteiger charge is -2.22. The van der Waals surface area contributed by atoms with Crippen LogP contribution < -0.4 is 9.80 Å². The molecule has 0 radical (unpaired) electrons. The van der Waals surface area contributed by atoms with Gasteiger partial charge in [-0.05, 0) is 49.2 Å². The van der Waals surface area contributed by atoms with E-state index in [4.69, 9.17) is 4.74 Å². The molecule has 0 bridgehead atoms. The zero-order chi connectivity index (χ0) is 20.5. The molecule has 2 aliphatic rings. The Bertz CT molecular complexity index is 983. The molecule has 3 amide bonds. The van der Waals surface area contributed by atoms with Crippen LogP contribution in [0.3, 0.4) is 0 Å². The molecule has 2 aromatic rings. The van der Waals surface area contributed by atoms with Crippen LogP contribution in [0.5, 0.6) is 0 Å². The number of para-hydroxylation sites is 1. The fourth-order valence-electron chi connectivity index (χ4n) is 3.84. The first-order valence-corrected chi connectivity index (χ1v) is 9.48. The van der Waals surface area contributed by atoms with Gasteiger partial charge in [0.05, 0.1) is 11.3 Å². The standard InChI is InChI=1S/C22H20N2O5/c1-14-12-16-4-2-3-5-18(16)23(14)21(27)13-29-22(28)15-6-8-17(9-7-15)24-19(25)10-11-20(24)26/h2-9,14H,10-13H2,1H3/t14-/m0/s1. The first kappa shape index (κ1) is 18.9. The molecule has 0 N–H and O–H groups in total. The summed E-state index contributed by atoms with van der Waals surface area (Å²) in [4.78, 5) is 51.3. The first-order chi connectivity index (χ1) is 14.0. The number of hydrogen-bond donors (Lipinski definition) is 0. The van der Waals surface area contributed by atoms with Crippen LogP contribution in [0.1, 0.15) is 35.7 Å². The Morgan fingerprint density at radius 1 is 1.00 bits per heavy atom. The van der Waals surface area contributed by atoms with Crippen molar-refractivity contribution in [1.82, 2.24) is 0 Å². The third-order valence-electron chi connectivity index (χ3n) is 5.22.